The minimum atomic E-state index is -0.177. The van der Waals surface area contributed by atoms with E-state index in [9.17, 15) is 14.4 Å². The summed E-state index contributed by atoms with van der Waals surface area (Å²) < 4.78 is 5.28. The highest BCUT2D eigenvalue weighted by molar-refractivity contribution is 6.03. The zero-order chi connectivity index (χ0) is 32.5. The first-order valence-corrected chi connectivity index (χ1v) is 17.7. The SMILES string of the molecule is CC(=O)OC1CC(C)(C)NC(C)(C)C1.CCCCCCCCCCCCC1CC(=O)N(C2CC(C)(C)CC(C)(C)C2)C1=O. The zero-order valence-electron chi connectivity index (χ0n) is 29.8. The highest BCUT2D eigenvalue weighted by atomic mass is 16.5. The molecule has 1 saturated carbocycles. The van der Waals surface area contributed by atoms with Gasteiger partial charge in [0, 0.05) is 49.2 Å². The number of nitrogens with zero attached hydrogens (tertiary/aromatic N) is 1. The first-order chi connectivity index (χ1) is 19.9. The fraction of sp³-hybridized carbons (Fsp3) is 0.919. The van der Waals surface area contributed by atoms with E-state index in [4.69, 9.17) is 4.74 Å². The Bertz CT molecular complexity index is 874. The maximum atomic E-state index is 13.0. The van der Waals surface area contributed by atoms with Crippen LogP contribution in [0.3, 0.4) is 0 Å². The summed E-state index contributed by atoms with van der Waals surface area (Å²) in [5.74, 6) is -0.0109. The van der Waals surface area contributed by atoms with Gasteiger partial charge in [0.2, 0.25) is 11.8 Å². The van der Waals surface area contributed by atoms with Crippen LogP contribution in [0.5, 0.6) is 0 Å². The first kappa shape index (κ1) is 37.8. The highest BCUT2D eigenvalue weighted by Gasteiger charge is 2.48. The van der Waals surface area contributed by atoms with E-state index in [0.29, 0.717) is 6.42 Å². The summed E-state index contributed by atoms with van der Waals surface area (Å²) >= 11 is 0. The quantitative estimate of drug-likeness (QED) is 0.129. The van der Waals surface area contributed by atoms with Crippen LogP contribution in [0.1, 0.15) is 178 Å². The largest absolute Gasteiger partial charge is 0.462 e. The number of carbonyl (C=O) groups excluding carboxylic acids is 3. The number of amides is 2. The first-order valence-electron chi connectivity index (χ1n) is 17.7. The van der Waals surface area contributed by atoms with E-state index in [-0.39, 0.29) is 57.8 Å². The summed E-state index contributed by atoms with van der Waals surface area (Å²) in [4.78, 5) is 38.3. The average Bonchev–Trinajstić information content (AvgIpc) is 3.09. The van der Waals surface area contributed by atoms with Crippen LogP contribution >= 0.6 is 0 Å². The molecule has 0 aromatic rings. The summed E-state index contributed by atoms with van der Waals surface area (Å²) in [5, 5.41) is 3.54. The van der Waals surface area contributed by atoms with Crippen molar-refractivity contribution in [3.05, 3.63) is 0 Å². The van der Waals surface area contributed by atoms with Crippen LogP contribution < -0.4 is 5.32 Å². The molecule has 2 amide bonds. The summed E-state index contributed by atoms with van der Waals surface area (Å²) in [6.45, 7) is 21.4. The molecule has 250 valence electrons. The monoisotopic (exact) mass is 605 g/mol. The number of ether oxygens (including phenoxy) is 1. The van der Waals surface area contributed by atoms with Crippen LogP contribution in [0.2, 0.25) is 0 Å². The summed E-state index contributed by atoms with van der Waals surface area (Å²) in [7, 11) is 0. The van der Waals surface area contributed by atoms with E-state index in [1.54, 1.807) is 4.90 Å². The standard InChI is InChI=1S/C26H47NO2.C11H21NO2/c1-6-7-8-9-10-11-12-13-14-15-16-21-17-23(28)27(24(21)29)22-18-25(2,3)20-26(4,5)19-22;1-8(13)14-9-6-10(2,3)12-11(4,5)7-9/h21-22H,6-20H2,1-5H3;9,12H,6-7H2,1-5H3. The maximum absolute atomic E-state index is 13.0. The van der Waals surface area contributed by atoms with Crippen molar-refractivity contribution in [3.63, 3.8) is 0 Å². The molecule has 43 heavy (non-hydrogen) atoms. The Morgan fingerprint density at radius 1 is 0.767 bits per heavy atom. The van der Waals surface area contributed by atoms with Gasteiger partial charge in [-0.3, -0.25) is 19.3 Å². The molecule has 2 saturated heterocycles. The number of unbranched alkanes of at least 4 members (excludes halogenated alkanes) is 9. The molecule has 3 fully saturated rings. The summed E-state index contributed by atoms with van der Waals surface area (Å²) in [6.07, 6.45) is 19.3. The molecule has 0 bridgehead atoms. The molecule has 3 rings (SSSR count). The van der Waals surface area contributed by atoms with Gasteiger partial charge in [-0.15, -0.1) is 0 Å². The smallest absolute Gasteiger partial charge is 0.302 e. The second-order valence-corrected chi connectivity index (χ2v) is 17.1. The van der Waals surface area contributed by atoms with E-state index in [2.05, 4.69) is 67.6 Å². The van der Waals surface area contributed by atoms with E-state index in [1.807, 2.05) is 0 Å². The number of hydrogen-bond donors (Lipinski definition) is 1. The number of nitrogens with one attached hydrogen (secondary N) is 1. The number of esters is 1. The van der Waals surface area contributed by atoms with Crippen molar-refractivity contribution in [1.29, 1.82) is 0 Å². The zero-order valence-corrected chi connectivity index (χ0v) is 29.8. The lowest BCUT2D eigenvalue weighted by Gasteiger charge is -2.47. The van der Waals surface area contributed by atoms with Crippen molar-refractivity contribution >= 4 is 17.8 Å². The van der Waals surface area contributed by atoms with Crippen LogP contribution in [0, 0.1) is 16.7 Å². The minimum absolute atomic E-state index is 0.0435. The number of piperidine rings is 1. The Kier molecular flexibility index (Phi) is 14.2. The van der Waals surface area contributed by atoms with Crippen molar-refractivity contribution < 1.29 is 19.1 Å². The summed E-state index contributed by atoms with van der Waals surface area (Å²) in [5.41, 5.74) is 0.479. The van der Waals surface area contributed by atoms with Crippen LogP contribution in [-0.4, -0.2) is 45.9 Å². The molecule has 3 aliphatic rings. The number of carbonyl (C=O) groups is 3. The van der Waals surface area contributed by atoms with Gasteiger partial charge in [0.05, 0.1) is 0 Å². The average molecular weight is 605 g/mol. The molecular weight excluding hydrogens is 536 g/mol. The molecule has 0 spiro atoms. The lowest BCUT2D eigenvalue weighted by Crippen LogP contribution is -2.59. The molecule has 2 aliphatic heterocycles. The number of rotatable bonds is 13. The highest BCUT2D eigenvalue weighted by Crippen LogP contribution is 2.48. The van der Waals surface area contributed by atoms with Gasteiger partial charge in [-0.2, -0.15) is 0 Å². The molecule has 1 atom stereocenters. The molecular formula is C37H68N2O4. The van der Waals surface area contributed by atoms with E-state index < -0.39 is 0 Å². The Morgan fingerprint density at radius 2 is 1.23 bits per heavy atom. The molecule has 2 heterocycles. The van der Waals surface area contributed by atoms with Gasteiger partial charge in [-0.1, -0.05) is 98.8 Å². The van der Waals surface area contributed by atoms with Crippen LogP contribution in [0.15, 0.2) is 0 Å². The van der Waals surface area contributed by atoms with Gasteiger partial charge >= 0.3 is 5.97 Å². The van der Waals surface area contributed by atoms with Gasteiger partial charge < -0.3 is 10.1 Å². The molecule has 1 aliphatic carbocycles. The molecule has 0 aromatic heterocycles. The number of likely N-dealkylation sites (tertiary alicyclic amines) is 1. The minimum Gasteiger partial charge on any atom is -0.462 e. The second kappa shape index (κ2) is 16.2. The van der Waals surface area contributed by atoms with Gasteiger partial charge in [0.1, 0.15) is 6.10 Å². The van der Waals surface area contributed by atoms with Crippen LogP contribution in [0.4, 0.5) is 0 Å². The predicted octanol–water partition coefficient (Wildman–Crippen LogP) is 9.14. The van der Waals surface area contributed by atoms with E-state index >= 15 is 0 Å². The Labute approximate surface area is 265 Å². The summed E-state index contributed by atoms with van der Waals surface area (Å²) in [6, 6.07) is 0.103. The Hall–Kier alpha value is -1.43. The molecule has 1 N–H and O–H groups in total. The van der Waals surface area contributed by atoms with Gasteiger partial charge in [-0.05, 0) is 64.2 Å². The van der Waals surface area contributed by atoms with Crippen molar-refractivity contribution in [1.82, 2.24) is 10.2 Å². The predicted molar refractivity (Wildman–Crippen MR) is 178 cm³/mol. The third-order valence-electron chi connectivity index (χ3n) is 9.57. The molecule has 0 radical (unpaired) electrons. The lowest BCUT2D eigenvalue weighted by atomic mass is 9.63. The van der Waals surface area contributed by atoms with Crippen molar-refractivity contribution in [2.24, 2.45) is 16.7 Å². The number of imide groups is 1. The van der Waals surface area contributed by atoms with Crippen molar-refractivity contribution in [3.8, 4) is 0 Å². The van der Waals surface area contributed by atoms with Crippen molar-refractivity contribution in [2.75, 3.05) is 0 Å². The Morgan fingerprint density at radius 3 is 1.70 bits per heavy atom. The molecule has 6 nitrogen and oxygen atoms in total. The van der Waals surface area contributed by atoms with Gasteiger partial charge in [0.15, 0.2) is 0 Å². The fourth-order valence-electron chi connectivity index (χ4n) is 8.72. The molecule has 1 unspecified atom stereocenters. The fourth-order valence-corrected chi connectivity index (χ4v) is 8.72. The maximum Gasteiger partial charge on any atom is 0.302 e. The normalized spacial score (nSPS) is 24.9. The van der Waals surface area contributed by atoms with E-state index in [0.717, 1.165) is 44.9 Å². The Balaban J connectivity index is 0.000000385. The van der Waals surface area contributed by atoms with Gasteiger partial charge in [0.25, 0.3) is 0 Å². The lowest BCUT2D eigenvalue weighted by molar-refractivity contribution is -0.150. The van der Waals surface area contributed by atoms with Crippen LogP contribution in [-0.2, 0) is 19.1 Å². The van der Waals surface area contributed by atoms with Crippen LogP contribution in [0.25, 0.3) is 0 Å². The van der Waals surface area contributed by atoms with Crippen molar-refractivity contribution in [2.45, 2.75) is 202 Å². The van der Waals surface area contributed by atoms with Gasteiger partial charge in [-0.25, -0.2) is 0 Å². The topological polar surface area (TPSA) is 75.7 Å². The molecule has 6 heteroatoms. The van der Waals surface area contributed by atoms with E-state index in [1.165, 1.54) is 64.7 Å². The third-order valence-corrected chi connectivity index (χ3v) is 9.57. The third kappa shape index (κ3) is 13.6. The number of hydrogen-bond acceptors (Lipinski definition) is 5. The second-order valence-electron chi connectivity index (χ2n) is 17.1. The molecule has 0 aromatic carbocycles.